The highest BCUT2D eigenvalue weighted by molar-refractivity contribution is 4.81. The summed E-state index contributed by atoms with van der Waals surface area (Å²) in [4.78, 5) is 7.93. The van der Waals surface area contributed by atoms with Crippen LogP contribution in [0, 0.1) is 5.92 Å². The van der Waals surface area contributed by atoms with Crippen LogP contribution in [0.2, 0.25) is 0 Å². The maximum atomic E-state index is 9.57. The molecular weight excluding hydrogens is 1310 g/mol. The molecule has 2 aliphatic heterocycles. The van der Waals surface area contributed by atoms with E-state index in [4.69, 9.17) is 79.6 Å². The summed E-state index contributed by atoms with van der Waals surface area (Å²) in [5.41, 5.74) is 69.2. The SMILES string of the molecule is C=CN(CC(O)CC)CN(C=C)CC(O)CN.C=CN(CCC)CC(O)CC.C=CNC1CCNCC1.C=CNCC(O)CN.CCCCCN.NCCC1CCNCC1.NCCCCCCCCNCCCN.NCCCCCNCCN.NCCCCNCCCN.NCCN(CCN)CCN. The zero-order chi connectivity index (χ0) is 79.9. The molecule has 0 spiro atoms. The first kappa shape index (κ1) is 117. The molecule has 0 saturated carbocycles. The van der Waals surface area contributed by atoms with Crippen LogP contribution in [0.1, 0.15) is 182 Å². The number of nitrogens with two attached hydrogens (primary N) is 13. The molecule has 2 heterocycles. The molecule has 0 aromatic heterocycles. The van der Waals surface area contributed by atoms with Crippen molar-refractivity contribution in [2.45, 2.75) is 212 Å². The average Bonchev–Trinajstić information content (AvgIpc) is 1.04. The third-order valence-electron chi connectivity index (χ3n) is 15.9. The Balaban J connectivity index is -0.000000166. The first-order valence-electron chi connectivity index (χ1n) is 40.4. The van der Waals surface area contributed by atoms with Crippen LogP contribution in [0.5, 0.6) is 0 Å². The van der Waals surface area contributed by atoms with E-state index in [1.165, 1.54) is 128 Å². The Morgan fingerprint density at radius 2 is 0.760 bits per heavy atom. The minimum Gasteiger partial charge on any atom is -0.391 e. The molecule has 28 nitrogen and oxygen atoms in total. The Bertz CT molecular complexity index is 1450. The molecule has 630 valence electrons. The van der Waals surface area contributed by atoms with Gasteiger partial charge in [-0.25, -0.2) is 0 Å². The van der Waals surface area contributed by atoms with Crippen molar-refractivity contribution in [1.82, 2.24) is 56.8 Å². The molecule has 2 saturated heterocycles. The Labute approximate surface area is 640 Å². The second-order valence-corrected chi connectivity index (χ2v) is 25.7. The van der Waals surface area contributed by atoms with Crippen LogP contribution < -0.4 is 112 Å². The molecular formula is C76H182N24O4. The smallest absolute Gasteiger partial charge is 0.0894 e. The fourth-order valence-electron chi connectivity index (χ4n) is 9.44. The second-order valence-electron chi connectivity index (χ2n) is 25.7. The van der Waals surface area contributed by atoms with E-state index in [1.54, 1.807) is 24.8 Å². The summed E-state index contributed by atoms with van der Waals surface area (Å²) in [5.74, 6) is 0.913. The van der Waals surface area contributed by atoms with Crippen LogP contribution in [0.4, 0.5) is 0 Å². The van der Waals surface area contributed by atoms with E-state index in [-0.39, 0.29) is 18.8 Å². The summed E-state index contributed by atoms with van der Waals surface area (Å²) in [6.45, 7) is 52.8. The summed E-state index contributed by atoms with van der Waals surface area (Å²) < 4.78 is 0. The highest BCUT2D eigenvalue weighted by atomic mass is 16.3. The summed E-state index contributed by atoms with van der Waals surface area (Å²) in [7, 11) is 0. The Morgan fingerprint density at radius 3 is 1.12 bits per heavy atom. The quantitative estimate of drug-likeness (QED) is 0.0301. The molecule has 0 aliphatic carbocycles. The molecule has 0 radical (unpaired) electrons. The van der Waals surface area contributed by atoms with E-state index in [0.29, 0.717) is 71.5 Å². The predicted octanol–water partition coefficient (Wildman–Crippen LogP) is 1.23. The largest absolute Gasteiger partial charge is 0.391 e. The standard InChI is InChI=1S/C12H25N3O2.C11H27N3.C9H19NO.2C7H19N3.C7H16N2.C7H14N2.C6H18N4.C5H12N2O.C5H13N/c1-4-11(16)8-14(5-2)10-15(6-3)9-12(17)7-13;12-8-5-3-1-2-4-6-10-14-11-7-9-13;1-4-7-10(6-3)8-9(11)5-2;8-4-1-2-6-10-7-3-5-9;8-4-2-1-3-6-10-7-5-9;8-4-1-7-2-5-9-6-3-7;1-2-9-7-3-5-8-6-4-7;7-1-4-10(5-2-8)6-3-9;1-2-7-4-5(8)3-6;1-2-3-4-5-6/h5-6,11-12,16-17H,2-4,7-10,13H2,1H3;14H,1-13H2;6,9,11H,3-5,7-8H2,1-2H3;2*10H,1-9H2;7,9H,1-6,8H2;2,7-9H,1,3-6H2;1-9H2;2,5,7-8H,1,3-4,6H2;2-6H2,1H3. The molecule has 0 amide bonds. The third-order valence-corrected chi connectivity index (χ3v) is 15.9. The molecule has 4 unspecified atom stereocenters. The van der Waals surface area contributed by atoms with Gasteiger partial charge in [0.1, 0.15) is 0 Å². The van der Waals surface area contributed by atoms with Crippen molar-refractivity contribution in [3.05, 3.63) is 63.9 Å². The lowest BCUT2D eigenvalue weighted by Crippen LogP contribution is -2.40. The van der Waals surface area contributed by atoms with Gasteiger partial charge in [-0.3, -0.25) is 4.90 Å². The number of hydrogen-bond donors (Lipinski definition) is 24. The topological polar surface area (TPSA) is 516 Å². The highest BCUT2D eigenvalue weighted by Crippen LogP contribution is 2.14. The molecule has 2 fully saturated rings. The number of nitrogens with one attached hydrogen (secondary N) is 7. The molecule has 2 rings (SSSR count). The van der Waals surface area contributed by atoms with Crippen LogP contribution >= 0.6 is 0 Å². The van der Waals surface area contributed by atoms with E-state index in [0.717, 1.165) is 175 Å². The van der Waals surface area contributed by atoms with Gasteiger partial charge in [-0.05, 0) is 251 Å². The van der Waals surface area contributed by atoms with Crippen molar-refractivity contribution in [3.8, 4) is 0 Å². The van der Waals surface area contributed by atoms with Crippen molar-refractivity contribution in [2.24, 2.45) is 80.5 Å². The predicted molar refractivity (Wildman–Crippen MR) is 455 cm³/mol. The zero-order valence-electron chi connectivity index (χ0n) is 68.1. The van der Waals surface area contributed by atoms with Gasteiger partial charge in [-0.15, -0.1) is 0 Å². The van der Waals surface area contributed by atoms with Gasteiger partial charge in [0, 0.05) is 104 Å². The minimum atomic E-state index is -0.573. The monoisotopic (exact) mass is 1500 g/mol. The van der Waals surface area contributed by atoms with Crippen LogP contribution in [-0.4, -0.2) is 280 Å². The fraction of sp³-hybridized carbons (Fsp3) is 0.868. The first-order valence-corrected chi connectivity index (χ1v) is 40.4. The molecule has 37 N–H and O–H groups in total. The Kier molecular flexibility index (Phi) is 121. The van der Waals surface area contributed by atoms with Gasteiger partial charge in [-0.1, -0.05) is 106 Å². The number of piperidine rings is 2. The lowest BCUT2D eigenvalue weighted by Gasteiger charge is -2.30. The number of hydrogen-bond acceptors (Lipinski definition) is 28. The molecule has 104 heavy (non-hydrogen) atoms. The van der Waals surface area contributed by atoms with Gasteiger partial charge < -0.3 is 147 Å². The van der Waals surface area contributed by atoms with E-state index in [1.807, 2.05) is 28.5 Å². The lowest BCUT2D eigenvalue weighted by atomic mass is 9.95. The van der Waals surface area contributed by atoms with Gasteiger partial charge in [0.15, 0.2) is 0 Å². The van der Waals surface area contributed by atoms with Gasteiger partial charge >= 0.3 is 0 Å². The lowest BCUT2D eigenvalue weighted by molar-refractivity contribution is 0.0875. The van der Waals surface area contributed by atoms with Gasteiger partial charge in [0.2, 0.25) is 0 Å². The molecule has 28 heteroatoms. The summed E-state index contributed by atoms with van der Waals surface area (Å²) in [6.07, 6.45) is 35.4. The fourth-order valence-corrected chi connectivity index (χ4v) is 9.44. The summed E-state index contributed by atoms with van der Waals surface area (Å²) in [5, 5.41) is 59.6. The van der Waals surface area contributed by atoms with Crippen molar-refractivity contribution in [2.75, 3.05) is 210 Å². The molecule has 4 atom stereocenters. The maximum Gasteiger partial charge on any atom is 0.0894 e. The number of aliphatic hydroxyl groups excluding tert-OH is 4. The normalized spacial score (nSPS) is 13.3. The number of aliphatic hydroxyl groups is 4. The zero-order valence-corrected chi connectivity index (χ0v) is 68.1. The minimum absolute atomic E-state index is 0.209. The van der Waals surface area contributed by atoms with E-state index >= 15 is 0 Å². The van der Waals surface area contributed by atoms with Crippen molar-refractivity contribution < 1.29 is 20.4 Å². The maximum absolute atomic E-state index is 9.57. The van der Waals surface area contributed by atoms with Crippen molar-refractivity contribution >= 4 is 0 Å². The van der Waals surface area contributed by atoms with Crippen LogP contribution in [-0.2, 0) is 0 Å². The molecule has 0 aromatic rings. The molecule has 0 bridgehead atoms. The van der Waals surface area contributed by atoms with Crippen molar-refractivity contribution in [3.63, 3.8) is 0 Å². The van der Waals surface area contributed by atoms with Crippen LogP contribution in [0.15, 0.2) is 63.9 Å². The molecule has 0 aromatic carbocycles. The van der Waals surface area contributed by atoms with Gasteiger partial charge in [0.25, 0.3) is 0 Å². The number of nitrogens with zero attached hydrogens (tertiary/aromatic N) is 4. The Morgan fingerprint density at radius 1 is 0.385 bits per heavy atom. The van der Waals surface area contributed by atoms with E-state index < -0.39 is 12.2 Å². The van der Waals surface area contributed by atoms with Gasteiger partial charge in [0.05, 0.1) is 31.1 Å². The highest BCUT2D eigenvalue weighted by Gasteiger charge is 2.13. The van der Waals surface area contributed by atoms with Crippen LogP contribution in [0.3, 0.4) is 0 Å². The van der Waals surface area contributed by atoms with Gasteiger partial charge in [-0.2, -0.15) is 0 Å². The summed E-state index contributed by atoms with van der Waals surface area (Å²) >= 11 is 0. The van der Waals surface area contributed by atoms with E-state index in [2.05, 4.69) is 88.9 Å². The Hall–Kier alpha value is -3.22. The first-order chi connectivity index (χ1) is 50.5. The number of unbranched alkanes of at least 4 members (excludes halogenated alkanes) is 10. The average molecular weight is 1500 g/mol. The third kappa shape index (κ3) is 110. The number of rotatable bonds is 58. The van der Waals surface area contributed by atoms with E-state index in [9.17, 15) is 15.3 Å². The van der Waals surface area contributed by atoms with Crippen LogP contribution in [0.25, 0.3) is 0 Å². The molecule has 2 aliphatic rings. The summed E-state index contributed by atoms with van der Waals surface area (Å²) in [6, 6.07) is 0.670. The second kappa shape index (κ2) is 108. The van der Waals surface area contributed by atoms with Crippen molar-refractivity contribution in [1.29, 1.82) is 0 Å².